The first-order chi connectivity index (χ1) is 14.9. The molecule has 0 bridgehead atoms. The van der Waals surface area contributed by atoms with Gasteiger partial charge >= 0.3 is 0 Å². The normalized spacial score (nSPS) is 11.5. The Morgan fingerprint density at radius 3 is 2.61 bits per heavy atom. The number of carbonyl (C=O) groups excluding carboxylic acids is 1. The third-order valence-electron chi connectivity index (χ3n) is 4.91. The van der Waals surface area contributed by atoms with Gasteiger partial charge in [-0.1, -0.05) is 0 Å². The van der Waals surface area contributed by atoms with Crippen LogP contribution < -0.4 is 10.1 Å². The fourth-order valence-corrected chi connectivity index (χ4v) is 5.64. The number of methoxy groups -OCH3 is 1. The lowest BCUT2D eigenvalue weighted by atomic mass is 10.2. The summed E-state index contributed by atoms with van der Waals surface area (Å²) in [5.74, 6) is 0.426. The Hall–Kier alpha value is -3.17. The standard InChI is InChI=1S/C22H21N3O4S2/c1-15-11-16-12-18(29-2)5-8-20(16)25(15)13-21(26)24-17-3-6-19(7-4-17)31(27,28)14-22-23-9-10-30-22/h3-12H,13-14H2,1-2H3,(H,24,26). The SMILES string of the molecule is COc1ccc2c(c1)cc(C)n2CC(=O)Nc1ccc(S(=O)(=O)Cc2nccs2)cc1. The van der Waals surface area contributed by atoms with Gasteiger partial charge in [0.2, 0.25) is 5.91 Å². The number of amides is 1. The molecule has 7 nitrogen and oxygen atoms in total. The van der Waals surface area contributed by atoms with Gasteiger partial charge in [0, 0.05) is 33.9 Å². The molecular formula is C22H21N3O4S2. The van der Waals surface area contributed by atoms with Crippen molar-refractivity contribution in [2.24, 2.45) is 0 Å². The van der Waals surface area contributed by atoms with Crippen LogP contribution in [0.2, 0.25) is 0 Å². The molecule has 0 radical (unpaired) electrons. The van der Waals surface area contributed by atoms with Crippen molar-refractivity contribution < 1.29 is 17.9 Å². The van der Waals surface area contributed by atoms with Crippen molar-refractivity contribution in [3.8, 4) is 5.75 Å². The highest BCUT2D eigenvalue weighted by molar-refractivity contribution is 7.90. The van der Waals surface area contributed by atoms with Gasteiger partial charge in [-0.25, -0.2) is 13.4 Å². The van der Waals surface area contributed by atoms with Crippen LogP contribution in [0.3, 0.4) is 0 Å². The summed E-state index contributed by atoms with van der Waals surface area (Å²) in [6, 6.07) is 13.9. The first-order valence-electron chi connectivity index (χ1n) is 9.50. The summed E-state index contributed by atoms with van der Waals surface area (Å²) in [7, 11) is -1.87. The van der Waals surface area contributed by atoms with Crippen molar-refractivity contribution in [3.05, 3.63) is 70.8 Å². The molecule has 4 aromatic rings. The monoisotopic (exact) mass is 455 g/mol. The maximum Gasteiger partial charge on any atom is 0.244 e. The predicted octanol–water partition coefficient (Wildman–Crippen LogP) is 4.03. The number of hydrogen-bond acceptors (Lipinski definition) is 6. The molecule has 1 N–H and O–H groups in total. The number of ether oxygens (including phenoxy) is 1. The number of nitrogens with one attached hydrogen (secondary N) is 1. The van der Waals surface area contributed by atoms with Gasteiger partial charge < -0.3 is 14.6 Å². The number of sulfone groups is 1. The van der Waals surface area contributed by atoms with Crippen molar-refractivity contribution in [3.63, 3.8) is 0 Å². The minimum Gasteiger partial charge on any atom is -0.497 e. The number of rotatable bonds is 7. The van der Waals surface area contributed by atoms with Gasteiger partial charge in [-0.2, -0.15) is 0 Å². The Bertz CT molecular complexity index is 1330. The molecule has 2 heterocycles. The number of hydrogen-bond donors (Lipinski definition) is 1. The maximum absolute atomic E-state index is 12.6. The Kier molecular flexibility index (Phi) is 5.79. The number of aryl methyl sites for hydroxylation is 1. The summed E-state index contributed by atoms with van der Waals surface area (Å²) in [4.78, 5) is 16.8. The van der Waals surface area contributed by atoms with Crippen LogP contribution in [0.25, 0.3) is 10.9 Å². The molecule has 31 heavy (non-hydrogen) atoms. The van der Waals surface area contributed by atoms with Crippen LogP contribution in [0, 0.1) is 6.92 Å². The lowest BCUT2D eigenvalue weighted by Gasteiger charge is -2.10. The van der Waals surface area contributed by atoms with Crippen molar-refractivity contribution >= 4 is 43.7 Å². The molecule has 0 spiro atoms. The number of fused-ring (bicyclic) bond motifs is 1. The molecule has 9 heteroatoms. The van der Waals surface area contributed by atoms with E-state index < -0.39 is 9.84 Å². The van der Waals surface area contributed by atoms with Crippen LogP contribution in [0.1, 0.15) is 10.7 Å². The summed E-state index contributed by atoms with van der Waals surface area (Å²) < 4.78 is 32.2. The number of nitrogens with zero attached hydrogens (tertiary/aromatic N) is 2. The van der Waals surface area contributed by atoms with E-state index in [1.165, 1.54) is 23.5 Å². The second-order valence-electron chi connectivity index (χ2n) is 7.05. The quantitative estimate of drug-likeness (QED) is 0.454. The molecule has 0 fully saturated rings. The van der Waals surface area contributed by atoms with Crippen LogP contribution in [0.5, 0.6) is 5.75 Å². The Balaban J connectivity index is 1.46. The van der Waals surface area contributed by atoms with Crippen molar-refractivity contribution in [1.82, 2.24) is 9.55 Å². The third-order valence-corrected chi connectivity index (χ3v) is 7.52. The summed E-state index contributed by atoms with van der Waals surface area (Å²) in [5, 5.41) is 6.12. The number of carbonyl (C=O) groups is 1. The lowest BCUT2D eigenvalue weighted by molar-refractivity contribution is -0.116. The second kappa shape index (κ2) is 8.52. The van der Waals surface area contributed by atoms with E-state index >= 15 is 0 Å². The van der Waals surface area contributed by atoms with Gasteiger partial charge in [0.1, 0.15) is 23.1 Å². The Morgan fingerprint density at radius 1 is 1.16 bits per heavy atom. The molecule has 4 rings (SSSR count). The first kappa shape index (κ1) is 21.1. The highest BCUT2D eigenvalue weighted by Gasteiger charge is 2.17. The van der Waals surface area contributed by atoms with Crippen molar-refractivity contribution in [2.45, 2.75) is 24.1 Å². The predicted molar refractivity (Wildman–Crippen MR) is 121 cm³/mol. The van der Waals surface area contributed by atoms with Crippen LogP contribution in [0.4, 0.5) is 5.69 Å². The minimum absolute atomic E-state index is 0.138. The third kappa shape index (κ3) is 4.62. The number of aromatic nitrogens is 2. The van der Waals surface area contributed by atoms with E-state index in [0.717, 1.165) is 22.3 Å². The lowest BCUT2D eigenvalue weighted by Crippen LogP contribution is -2.19. The number of thiazole rings is 1. The van der Waals surface area contributed by atoms with Gasteiger partial charge in [0.25, 0.3) is 0 Å². The Morgan fingerprint density at radius 2 is 1.94 bits per heavy atom. The van der Waals surface area contributed by atoms with Gasteiger partial charge in [-0.15, -0.1) is 11.3 Å². The zero-order chi connectivity index (χ0) is 22.0. The molecule has 1 amide bonds. The first-order valence-corrected chi connectivity index (χ1v) is 12.0. The van der Waals surface area contributed by atoms with E-state index in [1.54, 1.807) is 30.8 Å². The molecule has 0 aliphatic heterocycles. The molecule has 0 aliphatic carbocycles. The average Bonchev–Trinajstić information content (AvgIpc) is 3.35. The fraction of sp³-hybridized carbons (Fsp3) is 0.182. The summed E-state index contributed by atoms with van der Waals surface area (Å²) in [5.41, 5.74) is 2.44. The van der Waals surface area contributed by atoms with Crippen LogP contribution >= 0.6 is 11.3 Å². The molecule has 0 unspecified atom stereocenters. The van der Waals surface area contributed by atoms with Crippen LogP contribution in [-0.2, 0) is 26.9 Å². The van der Waals surface area contributed by atoms with Crippen LogP contribution in [-0.4, -0.2) is 31.0 Å². The van der Waals surface area contributed by atoms with Gasteiger partial charge in [0.05, 0.1) is 12.0 Å². The molecule has 2 aromatic heterocycles. The topological polar surface area (TPSA) is 90.3 Å². The van der Waals surface area contributed by atoms with E-state index in [-0.39, 0.29) is 23.1 Å². The number of benzene rings is 2. The summed E-state index contributed by atoms with van der Waals surface area (Å²) in [6.45, 7) is 2.09. The second-order valence-corrected chi connectivity index (χ2v) is 10.0. The highest BCUT2D eigenvalue weighted by Crippen LogP contribution is 2.25. The molecule has 0 saturated carbocycles. The highest BCUT2D eigenvalue weighted by atomic mass is 32.2. The summed E-state index contributed by atoms with van der Waals surface area (Å²) in [6.07, 6.45) is 1.58. The van der Waals surface area contributed by atoms with Crippen molar-refractivity contribution in [1.29, 1.82) is 0 Å². The maximum atomic E-state index is 12.6. The number of anilines is 1. The largest absolute Gasteiger partial charge is 0.497 e. The van der Waals surface area contributed by atoms with Crippen LogP contribution in [0.15, 0.2) is 65.0 Å². The van der Waals surface area contributed by atoms with E-state index in [1.807, 2.05) is 35.8 Å². The van der Waals surface area contributed by atoms with E-state index in [2.05, 4.69) is 10.3 Å². The summed E-state index contributed by atoms with van der Waals surface area (Å²) >= 11 is 1.30. The zero-order valence-corrected chi connectivity index (χ0v) is 18.7. The fourth-order valence-electron chi connectivity index (χ4n) is 3.38. The van der Waals surface area contributed by atoms with Gasteiger partial charge in [-0.05, 0) is 55.5 Å². The molecule has 0 saturated heterocycles. The van der Waals surface area contributed by atoms with E-state index in [0.29, 0.717) is 10.7 Å². The van der Waals surface area contributed by atoms with E-state index in [4.69, 9.17) is 4.74 Å². The average molecular weight is 456 g/mol. The minimum atomic E-state index is -3.48. The molecule has 160 valence electrons. The molecule has 2 aromatic carbocycles. The molecular weight excluding hydrogens is 434 g/mol. The van der Waals surface area contributed by atoms with Gasteiger partial charge in [0.15, 0.2) is 9.84 Å². The van der Waals surface area contributed by atoms with Gasteiger partial charge in [-0.3, -0.25) is 4.79 Å². The van der Waals surface area contributed by atoms with Crippen molar-refractivity contribution in [2.75, 3.05) is 12.4 Å². The molecule has 0 aliphatic rings. The molecule has 0 atom stereocenters. The smallest absolute Gasteiger partial charge is 0.244 e. The van der Waals surface area contributed by atoms with E-state index in [9.17, 15) is 13.2 Å². The zero-order valence-electron chi connectivity index (χ0n) is 17.0. The Labute approximate surface area is 184 Å².